The maximum absolute atomic E-state index is 11.3. The second-order valence-corrected chi connectivity index (χ2v) is 4.40. The molecule has 0 amide bonds. The molecule has 1 aromatic rings. The molecule has 2 bridgehead atoms. The van der Waals surface area contributed by atoms with Gasteiger partial charge >= 0.3 is 0 Å². The van der Waals surface area contributed by atoms with Crippen LogP contribution in [0.5, 0.6) is 0 Å². The average Bonchev–Trinajstić information content (AvgIpc) is 2.20. The number of hydrogen-bond acceptors (Lipinski definition) is 2. The van der Waals surface area contributed by atoms with Crippen LogP contribution in [-0.2, 0) is 6.54 Å². The molecule has 0 spiro atoms. The Hall–Kier alpha value is -1.09. The van der Waals surface area contributed by atoms with Gasteiger partial charge < -0.3 is 9.88 Å². The topological polar surface area (TPSA) is 34.0 Å². The molecule has 3 rings (SSSR count). The first kappa shape index (κ1) is 8.24. The standard InChI is InChI=1S/C11H14N2O/c14-10-1-2-13-7-8-3-9(6-12-5-8)11(13)4-10/h1-2,4,8-9,12H,3,5-7H2. The highest BCUT2D eigenvalue weighted by Crippen LogP contribution is 2.31. The third kappa shape index (κ3) is 1.20. The molecule has 14 heavy (non-hydrogen) atoms. The molecule has 2 aliphatic heterocycles. The highest BCUT2D eigenvalue weighted by atomic mass is 16.1. The largest absolute Gasteiger partial charge is 0.350 e. The van der Waals surface area contributed by atoms with E-state index in [1.807, 2.05) is 6.20 Å². The number of fused-ring (bicyclic) bond motifs is 4. The predicted octanol–water partition coefficient (Wildman–Crippen LogP) is 0.555. The second-order valence-electron chi connectivity index (χ2n) is 4.40. The van der Waals surface area contributed by atoms with Crippen molar-refractivity contribution in [3.8, 4) is 0 Å². The fourth-order valence-corrected chi connectivity index (χ4v) is 2.72. The van der Waals surface area contributed by atoms with E-state index < -0.39 is 0 Å². The Balaban J connectivity index is 2.11. The number of nitrogens with zero attached hydrogens (tertiary/aromatic N) is 1. The number of pyridine rings is 1. The predicted molar refractivity (Wildman–Crippen MR) is 54.4 cm³/mol. The van der Waals surface area contributed by atoms with Crippen LogP contribution in [0.2, 0.25) is 0 Å². The first-order valence-electron chi connectivity index (χ1n) is 5.24. The van der Waals surface area contributed by atoms with Crippen molar-refractivity contribution in [3.05, 3.63) is 34.2 Å². The van der Waals surface area contributed by atoms with Crippen LogP contribution >= 0.6 is 0 Å². The summed E-state index contributed by atoms with van der Waals surface area (Å²) in [5, 5.41) is 3.43. The van der Waals surface area contributed by atoms with Crippen molar-refractivity contribution < 1.29 is 0 Å². The SMILES string of the molecule is O=c1ccn2c(c1)C1CNCC(C1)C2. The molecule has 0 radical (unpaired) electrons. The van der Waals surface area contributed by atoms with E-state index in [-0.39, 0.29) is 5.43 Å². The van der Waals surface area contributed by atoms with Gasteiger partial charge in [0, 0.05) is 43.0 Å². The molecule has 2 atom stereocenters. The van der Waals surface area contributed by atoms with Crippen LogP contribution in [0.25, 0.3) is 0 Å². The van der Waals surface area contributed by atoms with E-state index >= 15 is 0 Å². The van der Waals surface area contributed by atoms with Crippen molar-refractivity contribution in [2.24, 2.45) is 5.92 Å². The van der Waals surface area contributed by atoms with E-state index in [0.717, 1.165) is 25.6 Å². The minimum Gasteiger partial charge on any atom is -0.350 e. The molecule has 2 aliphatic rings. The van der Waals surface area contributed by atoms with Crippen molar-refractivity contribution in [2.75, 3.05) is 13.1 Å². The summed E-state index contributed by atoms with van der Waals surface area (Å²) in [6, 6.07) is 3.46. The Labute approximate surface area is 82.8 Å². The lowest BCUT2D eigenvalue weighted by molar-refractivity contribution is 0.260. The van der Waals surface area contributed by atoms with E-state index in [1.165, 1.54) is 12.1 Å². The van der Waals surface area contributed by atoms with Crippen molar-refractivity contribution in [1.82, 2.24) is 9.88 Å². The normalized spacial score (nSPS) is 29.7. The van der Waals surface area contributed by atoms with E-state index in [9.17, 15) is 4.79 Å². The Morgan fingerprint density at radius 3 is 3.29 bits per heavy atom. The molecule has 1 aromatic heterocycles. The first-order valence-corrected chi connectivity index (χ1v) is 5.24. The third-order valence-electron chi connectivity index (χ3n) is 3.36. The number of rotatable bonds is 0. The van der Waals surface area contributed by atoms with Gasteiger partial charge in [-0.05, 0) is 18.9 Å². The summed E-state index contributed by atoms with van der Waals surface area (Å²) in [5.74, 6) is 1.31. The zero-order valence-electron chi connectivity index (χ0n) is 8.07. The highest BCUT2D eigenvalue weighted by molar-refractivity contribution is 5.16. The maximum atomic E-state index is 11.3. The molecule has 3 heterocycles. The second kappa shape index (κ2) is 2.95. The molecule has 0 saturated carbocycles. The van der Waals surface area contributed by atoms with Gasteiger partial charge in [-0.15, -0.1) is 0 Å². The Morgan fingerprint density at radius 1 is 1.43 bits per heavy atom. The van der Waals surface area contributed by atoms with Gasteiger partial charge in [-0.25, -0.2) is 0 Å². The minimum absolute atomic E-state index is 0.139. The summed E-state index contributed by atoms with van der Waals surface area (Å²) < 4.78 is 2.25. The molecule has 1 saturated heterocycles. The summed E-state index contributed by atoms with van der Waals surface area (Å²) in [7, 11) is 0. The van der Waals surface area contributed by atoms with Crippen LogP contribution < -0.4 is 10.7 Å². The Bertz CT molecular complexity index is 410. The lowest BCUT2D eigenvalue weighted by Crippen LogP contribution is -2.42. The molecule has 3 nitrogen and oxygen atoms in total. The number of hydrogen-bond donors (Lipinski definition) is 1. The van der Waals surface area contributed by atoms with Gasteiger partial charge in [0.15, 0.2) is 5.43 Å². The van der Waals surface area contributed by atoms with Crippen molar-refractivity contribution >= 4 is 0 Å². The van der Waals surface area contributed by atoms with Gasteiger partial charge in [0.2, 0.25) is 0 Å². The minimum atomic E-state index is 0.139. The maximum Gasteiger partial charge on any atom is 0.181 e. The molecule has 0 aliphatic carbocycles. The van der Waals surface area contributed by atoms with Gasteiger partial charge in [0.25, 0.3) is 0 Å². The number of piperidine rings is 1. The molecule has 0 aromatic carbocycles. The molecule has 1 fully saturated rings. The average molecular weight is 190 g/mol. The number of aromatic nitrogens is 1. The van der Waals surface area contributed by atoms with Crippen molar-refractivity contribution in [1.29, 1.82) is 0 Å². The fourth-order valence-electron chi connectivity index (χ4n) is 2.72. The van der Waals surface area contributed by atoms with Gasteiger partial charge in [-0.3, -0.25) is 4.79 Å². The molecule has 74 valence electrons. The quantitative estimate of drug-likeness (QED) is 0.648. The Morgan fingerprint density at radius 2 is 2.36 bits per heavy atom. The Kier molecular flexibility index (Phi) is 1.74. The summed E-state index contributed by atoms with van der Waals surface area (Å²) in [4.78, 5) is 11.3. The molecular formula is C11H14N2O. The van der Waals surface area contributed by atoms with Crippen molar-refractivity contribution in [3.63, 3.8) is 0 Å². The van der Waals surface area contributed by atoms with Gasteiger partial charge in [0.05, 0.1) is 0 Å². The summed E-state index contributed by atoms with van der Waals surface area (Å²) in [5.41, 5.74) is 1.36. The summed E-state index contributed by atoms with van der Waals surface area (Å²) >= 11 is 0. The van der Waals surface area contributed by atoms with E-state index in [1.54, 1.807) is 12.1 Å². The van der Waals surface area contributed by atoms with E-state index in [4.69, 9.17) is 0 Å². The van der Waals surface area contributed by atoms with Gasteiger partial charge in [-0.2, -0.15) is 0 Å². The number of nitrogens with one attached hydrogen (secondary N) is 1. The molecular weight excluding hydrogens is 176 g/mol. The van der Waals surface area contributed by atoms with Crippen molar-refractivity contribution in [2.45, 2.75) is 18.9 Å². The fraction of sp³-hybridized carbons (Fsp3) is 0.545. The van der Waals surface area contributed by atoms with Crippen LogP contribution in [0.3, 0.4) is 0 Å². The first-order chi connectivity index (χ1) is 6.83. The zero-order valence-corrected chi connectivity index (χ0v) is 8.07. The van der Waals surface area contributed by atoms with E-state index in [0.29, 0.717) is 5.92 Å². The lowest BCUT2D eigenvalue weighted by Gasteiger charge is -2.37. The molecule has 2 unspecified atom stereocenters. The van der Waals surface area contributed by atoms with Crippen LogP contribution in [0.1, 0.15) is 18.0 Å². The van der Waals surface area contributed by atoms with Gasteiger partial charge in [-0.1, -0.05) is 0 Å². The van der Waals surface area contributed by atoms with E-state index in [2.05, 4.69) is 9.88 Å². The highest BCUT2D eigenvalue weighted by Gasteiger charge is 2.29. The van der Waals surface area contributed by atoms with Crippen LogP contribution in [0.4, 0.5) is 0 Å². The molecule has 3 heteroatoms. The van der Waals surface area contributed by atoms with Crippen LogP contribution in [0.15, 0.2) is 23.1 Å². The van der Waals surface area contributed by atoms with Crippen LogP contribution in [-0.4, -0.2) is 17.7 Å². The lowest BCUT2D eigenvalue weighted by atomic mass is 9.84. The third-order valence-corrected chi connectivity index (χ3v) is 3.36. The molecule has 1 N–H and O–H groups in total. The zero-order chi connectivity index (χ0) is 9.54. The monoisotopic (exact) mass is 190 g/mol. The van der Waals surface area contributed by atoms with Gasteiger partial charge in [0.1, 0.15) is 0 Å². The summed E-state index contributed by atoms with van der Waals surface area (Å²) in [6.07, 6.45) is 3.19. The smallest absolute Gasteiger partial charge is 0.181 e. The summed E-state index contributed by atoms with van der Waals surface area (Å²) in [6.45, 7) is 3.22. The van der Waals surface area contributed by atoms with Crippen LogP contribution in [0, 0.1) is 5.92 Å².